The van der Waals surface area contributed by atoms with Crippen molar-refractivity contribution >= 4 is 28.3 Å². The lowest BCUT2D eigenvalue weighted by atomic mass is 10.0. The van der Waals surface area contributed by atoms with E-state index >= 15 is 0 Å². The Hall–Kier alpha value is -2.36. The molecule has 3 rings (SSSR count). The lowest BCUT2D eigenvalue weighted by molar-refractivity contribution is -0.117. The Balaban J connectivity index is 2.06. The fourth-order valence-corrected chi connectivity index (χ4v) is 2.34. The predicted molar refractivity (Wildman–Crippen MR) is 83.3 cm³/mol. The number of fused-ring (bicyclic) bond motifs is 1. The molecule has 4 nitrogen and oxygen atoms in total. The zero-order valence-corrected chi connectivity index (χ0v) is 12.2. The highest BCUT2D eigenvalue weighted by atomic mass is 16.2. The molecule has 0 aromatic heterocycles. The van der Waals surface area contributed by atoms with Crippen LogP contribution in [0.15, 0.2) is 36.4 Å². The van der Waals surface area contributed by atoms with Gasteiger partial charge in [-0.25, -0.2) is 0 Å². The summed E-state index contributed by atoms with van der Waals surface area (Å²) in [5.41, 5.74) is 1.14. The van der Waals surface area contributed by atoms with E-state index in [1.807, 2.05) is 36.4 Å². The van der Waals surface area contributed by atoms with Crippen LogP contribution in [0.2, 0.25) is 0 Å². The topological polar surface area (TPSA) is 49.4 Å². The second kappa shape index (κ2) is 5.20. The van der Waals surface area contributed by atoms with Gasteiger partial charge in [-0.05, 0) is 35.7 Å². The highest BCUT2D eigenvalue weighted by molar-refractivity contribution is 6.08. The minimum Gasteiger partial charge on any atom is -0.345 e. The van der Waals surface area contributed by atoms with Crippen LogP contribution < -0.4 is 5.32 Å². The number of carbonyl (C=O) groups excluding carboxylic acids is 2. The summed E-state index contributed by atoms with van der Waals surface area (Å²) in [4.78, 5) is 25.9. The molecule has 0 aliphatic heterocycles. The molecule has 0 bridgehead atoms. The van der Waals surface area contributed by atoms with Gasteiger partial charge in [0.05, 0.1) is 11.3 Å². The van der Waals surface area contributed by atoms with Gasteiger partial charge in [0.2, 0.25) is 5.91 Å². The van der Waals surface area contributed by atoms with E-state index in [1.54, 1.807) is 14.1 Å². The molecule has 4 heteroatoms. The first-order valence-corrected chi connectivity index (χ1v) is 7.11. The van der Waals surface area contributed by atoms with Gasteiger partial charge < -0.3 is 10.2 Å². The van der Waals surface area contributed by atoms with Crippen molar-refractivity contribution in [3.05, 3.63) is 42.0 Å². The van der Waals surface area contributed by atoms with E-state index in [9.17, 15) is 9.59 Å². The minimum atomic E-state index is -0.105. The lowest BCUT2D eigenvalue weighted by Crippen LogP contribution is -2.24. The highest BCUT2D eigenvalue weighted by Gasteiger charge is 2.30. The summed E-state index contributed by atoms with van der Waals surface area (Å²) >= 11 is 0. The number of hydrogen-bond acceptors (Lipinski definition) is 2. The standard InChI is InChI=1S/C17H18N2O2/c1-19(2)17(21)14-9-12-5-3-4-6-13(12)10-15(14)18-16(20)11-7-8-11/h3-6,9-11H,7-8H2,1-2H3,(H,18,20). The van der Waals surface area contributed by atoms with E-state index in [2.05, 4.69) is 5.32 Å². The molecule has 1 N–H and O–H groups in total. The number of anilines is 1. The molecule has 1 aliphatic rings. The van der Waals surface area contributed by atoms with Crippen LogP contribution in [0, 0.1) is 5.92 Å². The van der Waals surface area contributed by atoms with E-state index in [0.29, 0.717) is 11.3 Å². The van der Waals surface area contributed by atoms with Crippen LogP contribution in [0.5, 0.6) is 0 Å². The van der Waals surface area contributed by atoms with Crippen molar-refractivity contribution in [3.8, 4) is 0 Å². The van der Waals surface area contributed by atoms with Crippen LogP contribution in [0.3, 0.4) is 0 Å². The number of carbonyl (C=O) groups is 2. The molecule has 1 fully saturated rings. The molecule has 2 aromatic carbocycles. The van der Waals surface area contributed by atoms with Gasteiger partial charge in [-0.1, -0.05) is 24.3 Å². The zero-order chi connectivity index (χ0) is 15.0. The SMILES string of the molecule is CN(C)C(=O)c1cc2ccccc2cc1NC(=O)C1CC1. The van der Waals surface area contributed by atoms with E-state index in [4.69, 9.17) is 0 Å². The molecule has 21 heavy (non-hydrogen) atoms. The largest absolute Gasteiger partial charge is 0.345 e. The molecule has 1 saturated carbocycles. The molecule has 2 amide bonds. The Kier molecular flexibility index (Phi) is 3.37. The Bertz CT molecular complexity index is 718. The van der Waals surface area contributed by atoms with E-state index in [-0.39, 0.29) is 17.7 Å². The van der Waals surface area contributed by atoms with Gasteiger partial charge in [0, 0.05) is 20.0 Å². The van der Waals surface area contributed by atoms with Gasteiger partial charge in [-0.3, -0.25) is 9.59 Å². The van der Waals surface area contributed by atoms with Gasteiger partial charge >= 0.3 is 0 Å². The Morgan fingerprint density at radius 3 is 2.29 bits per heavy atom. The molecule has 0 atom stereocenters. The number of nitrogens with zero attached hydrogens (tertiary/aromatic N) is 1. The van der Waals surface area contributed by atoms with Crippen molar-refractivity contribution < 1.29 is 9.59 Å². The molecule has 2 aromatic rings. The van der Waals surface area contributed by atoms with Crippen molar-refractivity contribution in [3.63, 3.8) is 0 Å². The Morgan fingerprint density at radius 2 is 1.71 bits per heavy atom. The van der Waals surface area contributed by atoms with Crippen molar-refractivity contribution in [1.82, 2.24) is 4.90 Å². The summed E-state index contributed by atoms with van der Waals surface area (Å²) < 4.78 is 0. The smallest absolute Gasteiger partial charge is 0.255 e. The highest BCUT2D eigenvalue weighted by Crippen LogP contribution is 2.32. The van der Waals surface area contributed by atoms with E-state index in [0.717, 1.165) is 23.6 Å². The van der Waals surface area contributed by atoms with Crippen molar-refractivity contribution in [2.75, 3.05) is 19.4 Å². The van der Waals surface area contributed by atoms with Gasteiger partial charge in [0.25, 0.3) is 5.91 Å². The molecule has 0 radical (unpaired) electrons. The van der Waals surface area contributed by atoms with Crippen molar-refractivity contribution in [2.45, 2.75) is 12.8 Å². The van der Waals surface area contributed by atoms with E-state index < -0.39 is 0 Å². The lowest BCUT2D eigenvalue weighted by Gasteiger charge is -2.16. The number of benzene rings is 2. The number of hydrogen-bond donors (Lipinski definition) is 1. The van der Waals surface area contributed by atoms with Gasteiger partial charge in [0.1, 0.15) is 0 Å². The van der Waals surface area contributed by atoms with Crippen LogP contribution >= 0.6 is 0 Å². The quantitative estimate of drug-likeness (QED) is 0.941. The first-order valence-electron chi connectivity index (χ1n) is 7.11. The molecular formula is C17H18N2O2. The van der Waals surface area contributed by atoms with Gasteiger partial charge in [-0.2, -0.15) is 0 Å². The maximum atomic E-state index is 12.4. The van der Waals surface area contributed by atoms with Crippen LogP contribution in [-0.2, 0) is 4.79 Å². The summed E-state index contributed by atoms with van der Waals surface area (Å²) in [6.45, 7) is 0. The average molecular weight is 282 g/mol. The molecule has 0 heterocycles. The molecular weight excluding hydrogens is 264 g/mol. The second-order valence-corrected chi connectivity index (χ2v) is 5.71. The monoisotopic (exact) mass is 282 g/mol. The summed E-state index contributed by atoms with van der Waals surface area (Å²) in [5.74, 6) is 0.0173. The third-order valence-electron chi connectivity index (χ3n) is 3.73. The van der Waals surface area contributed by atoms with Gasteiger partial charge in [-0.15, -0.1) is 0 Å². The van der Waals surface area contributed by atoms with Crippen LogP contribution in [0.25, 0.3) is 10.8 Å². The second-order valence-electron chi connectivity index (χ2n) is 5.71. The average Bonchev–Trinajstić information content (AvgIpc) is 3.30. The molecule has 0 unspecified atom stereocenters. The van der Waals surface area contributed by atoms with Crippen LogP contribution in [0.4, 0.5) is 5.69 Å². The molecule has 1 aliphatic carbocycles. The summed E-state index contributed by atoms with van der Waals surface area (Å²) in [7, 11) is 3.42. The fraction of sp³-hybridized carbons (Fsp3) is 0.294. The van der Waals surface area contributed by atoms with E-state index in [1.165, 1.54) is 4.90 Å². The van der Waals surface area contributed by atoms with Crippen molar-refractivity contribution in [2.24, 2.45) is 5.92 Å². The third kappa shape index (κ3) is 2.75. The molecule has 0 spiro atoms. The minimum absolute atomic E-state index is 0.0121. The van der Waals surface area contributed by atoms with Crippen LogP contribution in [0.1, 0.15) is 23.2 Å². The first kappa shape index (κ1) is 13.6. The maximum Gasteiger partial charge on any atom is 0.255 e. The summed E-state index contributed by atoms with van der Waals surface area (Å²) in [6.07, 6.45) is 1.88. The number of amides is 2. The fourth-order valence-electron chi connectivity index (χ4n) is 2.34. The number of rotatable bonds is 3. The molecule has 0 saturated heterocycles. The van der Waals surface area contributed by atoms with Gasteiger partial charge in [0.15, 0.2) is 0 Å². The molecule has 108 valence electrons. The number of nitrogens with one attached hydrogen (secondary N) is 1. The van der Waals surface area contributed by atoms with Crippen molar-refractivity contribution in [1.29, 1.82) is 0 Å². The summed E-state index contributed by atoms with van der Waals surface area (Å²) in [5, 5.41) is 4.92. The third-order valence-corrected chi connectivity index (χ3v) is 3.73. The predicted octanol–water partition coefficient (Wildman–Crippen LogP) is 2.89. The summed E-state index contributed by atoms with van der Waals surface area (Å²) in [6, 6.07) is 11.6. The normalized spacial score (nSPS) is 14.0. The maximum absolute atomic E-state index is 12.4. The van der Waals surface area contributed by atoms with Crippen LogP contribution in [-0.4, -0.2) is 30.8 Å². The Morgan fingerprint density at radius 1 is 1.10 bits per heavy atom. The Labute approximate surface area is 123 Å². The zero-order valence-electron chi connectivity index (χ0n) is 12.2. The first-order chi connectivity index (χ1) is 10.1.